The van der Waals surface area contributed by atoms with Crippen LogP contribution in [0.2, 0.25) is 0 Å². The molecule has 1 aromatic rings. The predicted molar refractivity (Wildman–Crippen MR) is 126 cm³/mol. The van der Waals surface area contributed by atoms with Gasteiger partial charge in [-0.25, -0.2) is 0 Å². The van der Waals surface area contributed by atoms with Gasteiger partial charge in [0, 0.05) is 44.5 Å². The first-order chi connectivity index (χ1) is 13.8. The monoisotopic (exact) mass is 519 g/mol. The summed E-state index contributed by atoms with van der Waals surface area (Å²) in [5.41, 5.74) is 0.932. The average molecular weight is 519 g/mol. The molecule has 0 radical (unpaired) electrons. The number of ether oxygens (including phenoxy) is 4. The van der Waals surface area contributed by atoms with Crippen molar-refractivity contribution in [3.8, 4) is 11.5 Å². The van der Waals surface area contributed by atoms with Crippen LogP contribution in [0.3, 0.4) is 0 Å². The number of benzene rings is 1. The van der Waals surface area contributed by atoms with Gasteiger partial charge >= 0.3 is 0 Å². The van der Waals surface area contributed by atoms with E-state index in [1.165, 1.54) is 0 Å². The molecule has 0 amide bonds. The second-order valence-corrected chi connectivity index (χ2v) is 7.06. The minimum Gasteiger partial charge on any atom is -0.490 e. The van der Waals surface area contributed by atoms with Crippen LogP contribution in [0, 0.1) is 0 Å². The third kappa shape index (κ3) is 8.55. The van der Waals surface area contributed by atoms with E-state index < -0.39 is 0 Å². The van der Waals surface area contributed by atoms with E-state index in [4.69, 9.17) is 18.9 Å². The Bertz CT molecular complexity index is 624. The molecule has 0 saturated carbocycles. The van der Waals surface area contributed by atoms with E-state index in [9.17, 15) is 0 Å². The molecule has 0 aliphatic carbocycles. The number of hydrogen-bond acceptors (Lipinski definition) is 5. The maximum Gasteiger partial charge on any atom is 0.195 e. The molecule has 2 heterocycles. The van der Waals surface area contributed by atoms with E-state index in [0.717, 1.165) is 81.6 Å². The number of hydrogen-bond donors (Lipinski definition) is 2. The zero-order valence-electron chi connectivity index (χ0n) is 17.3. The molecule has 0 bridgehead atoms. The van der Waals surface area contributed by atoms with Gasteiger partial charge in [-0.1, -0.05) is 6.92 Å². The summed E-state index contributed by atoms with van der Waals surface area (Å²) >= 11 is 0. The maximum absolute atomic E-state index is 5.77. The van der Waals surface area contributed by atoms with Gasteiger partial charge in [0.15, 0.2) is 17.5 Å². The summed E-state index contributed by atoms with van der Waals surface area (Å²) in [6, 6.07) is 5.90. The van der Waals surface area contributed by atoms with Gasteiger partial charge in [0.1, 0.15) is 0 Å². The fourth-order valence-corrected chi connectivity index (χ4v) is 3.11. The lowest BCUT2D eigenvalue weighted by Crippen LogP contribution is -2.32. The van der Waals surface area contributed by atoms with E-state index in [0.29, 0.717) is 19.8 Å². The van der Waals surface area contributed by atoms with Crippen LogP contribution in [0.5, 0.6) is 11.5 Å². The van der Waals surface area contributed by atoms with Crippen LogP contribution in [0.15, 0.2) is 23.2 Å². The van der Waals surface area contributed by atoms with Gasteiger partial charge in [0.2, 0.25) is 0 Å². The van der Waals surface area contributed by atoms with E-state index in [2.05, 4.69) is 22.5 Å². The van der Waals surface area contributed by atoms with Gasteiger partial charge in [0.25, 0.3) is 0 Å². The smallest absolute Gasteiger partial charge is 0.195 e. The fourth-order valence-electron chi connectivity index (χ4n) is 3.11. The van der Waals surface area contributed by atoms with Gasteiger partial charge in [-0.15, -0.1) is 24.0 Å². The molecule has 1 aromatic carbocycles. The standard InChI is InChI=1S/C21H33N3O4.HI/c1-2-9-22-21(23-10-4-11-25-16-18-6-3-12-26-18)24-17-7-8-19-20(15-17)28-14-5-13-27-19;/h7-8,15,18H,2-6,9-14,16H2,1H3,(H2,22,23,24);1H. The van der Waals surface area contributed by atoms with Crippen molar-refractivity contribution in [2.75, 3.05) is 51.4 Å². The van der Waals surface area contributed by atoms with Gasteiger partial charge in [0.05, 0.1) is 25.9 Å². The minimum absolute atomic E-state index is 0. The highest BCUT2D eigenvalue weighted by atomic mass is 127. The van der Waals surface area contributed by atoms with Crippen molar-refractivity contribution in [3.63, 3.8) is 0 Å². The first-order valence-electron chi connectivity index (χ1n) is 10.5. The predicted octanol–water partition coefficient (Wildman–Crippen LogP) is 3.82. The average Bonchev–Trinajstić information content (AvgIpc) is 3.12. The molecule has 3 rings (SSSR count). The number of fused-ring (bicyclic) bond motifs is 1. The lowest BCUT2D eigenvalue weighted by Gasteiger charge is -2.15. The normalized spacial score (nSPS) is 18.7. The van der Waals surface area contributed by atoms with E-state index in [-0.39, 0.29) is 30.1 Å². The Labute approximate surface area is 190 Å². The Balaban J connectivity index is 0.00000300. The Morgan fingerprint density at radius 2 is 2.03 bits per heavy atom. The molecule has 2 N–H and O–H groups in total. The van der Waals surface area contributed by atoms with Crippen molar-refractivity contribution in [1.29, 1.82) is 0 Å². The van der Waals surface area contributed by atoms with Crippen LogP contribution in [0.4, 0.5) is 5.69 Å². The summed E-state index contributed by atoms with van der Waals surface area (Å²) < 4.78 is 22.7. The molecule has 0 aromatic heterocycles. The number of halogens is 1. The van der Waals surface area contributed by atoms with Gasteiger partial charge in [-0.05, 0) is 37.8 Å². The molecule has 2 aliphatic rings. The molecule has 0 spiro atoms. The van der Waals surface area contributed by atoms with Gasteiger partial charge in [-0.3, -0.25) is 4.99 Å². The molecule has 164 valence electrons. The van der Waals surface area contributed by atoms with E-state index in [1.807, 2.05) is 18.2 Å². The van der Waals surface area contributed by atoms with Crippen molar-refractivity contribution < 1.29 is 18.9 Å². The molecular formula is C21H34IN3O4. The fraction of sp³-hybridized carbons (Fsp3) is 0.667. The number of anilines is 1. The summed E-state index contributed by atoms with van der Waals surface area (Å²) in [6.45, 7) is 7.36. The molecule has 1 unspecified atom stereocenters. The molecule has 8 heteroatoms. The molecule has 29 heavy (non-hydrogen) atoms. The summed E-state index contributed by atoms with van der Waals surface area (Å²) in [7, 11) is 0. The number of guanidine groups is 1. The number of rotatable bonds is 9. The molecule has 1 fully saturated rings. The molecule has 7 nitrogen and oxygen atoms in total. The summed E-state index contributed by atoms with van der Waals surface area (Å²) in [5.74, 6) is 2.35. The third-order valence-corrected chi connectivity index (χ3v) is 4.59. The Morgan fingerprint density at radius 3 is 2.83 bits per heavy atom. The highest BCUT2D eigenvalue weighted by Crippen LogP contribution is 2.32. The first kappa shape index (κ1) is 24.0. The largest absolute Gasteiger partial charge is 0.490 e. The lowest BCUT2D eigenvalue weighted by atomic mass is 10.2. The molecule has 1 atom stereocenters. The molecule has 1 saturated heterocycles. The minimum atomic E-state index is 0. The Kier molecular flexibility index (Phi) is 11.5. The lowest BCUT2D eigenvalue weighted by molar-refractivity contribution is 0.0168. The van der Waals surface area contributed by atoms with E-state index >= 15 is 0 Å². The van der Waals surface area contributed by atoms with Crippen molar-refractivity contribution in [3.05, 3.63) is 18.2 Å². The highest BCUT2D eigenvalue weighted by Gasteiger charge is 2.15. The van der Waals surface area contributed by atoms with Crippen LogP contribution in [-0.4, -0.2) is 58.2 Å². The van der Waals surface area contributed by atoms with Crippen molar-refractivity contribution in [2.24, 2.45) is 4.99 Å². The first-order valence-corrected chi connectivity index (χ1v) is 10.5. The second kappa shape index (κ2) is 13.9. The van der Waals surface area contributed by atoms with Gasteiger partial charge < -0.3 is 29.6 Å². The molecule has 2 aliphatic heterocycles. The highest BCUT2D eigenvalue weighted by molar-refractivity contribution is 14.0. The van der Waals surface area contributed by atoms with Crippen LogP contribution < -0.4 is 20.1 Å². The van der Waals surface area contributed by atoms with Crippen LogP contribution in [0.25, 0.3) is 0 Å². The third-order valence-electron chi connectivity index (χ3n) is 4.59. The van der Waals surface area contributed by atoms with E-state index in [1.54, 1.807) is 0 Å². The number of nitrogens with one attached hydrogen (secondary N) is 2. The number of nitrogens with zero attached hydrogens (tertiary/aromatic N) is 1. The Morgan fingerprint density at radius 1 is 1.17 bits per heavy atom. The topological polar surface area (TPSA) is 73.3 Å². The summed E-state index contributed by atoms with van der Waals surface area (Å²) in [6.07, 6.45) is 5.37. The van der Waals surface area contributed by atoms with Crippen LogP contribution in [0.1, 0.15) is 39.0 Å². The SMILES string of the molecule is CCCN=C(NCCCOCC1CCCO1)Nc1ccc2c(c1)OCCCO2.I. The van der Waals surface area contributed by atoms with Crippen molar-refractivity contribution in [2.45, 2.75) is 45.1 Å². The maximum atomic E-state index is 5.77. The number of aliphatic imine (C=N–C) groups is 1. The zero-order valence-corrected chi connectivity index (χ0v) is 19.6. The summed E-state index contributed by atoms with van der Waals surface area (Å²) in [5, 5.41) is 6.74. The second-order valence-electron chi connectivity index (χ2n) is 7.06. The zero-order chi connectivity index (χ0) is 19.4. The quantitative estimate of drug-likeness (QED) is 0.224. The van der Waals surface area contributed by atoms with Gasteiger partial charge in [-0.2, -0.15) is 0 Å². The van der Waals surface area contributed by atoms with Crippen LogP contribution in [-0.2, 0) is 9.47 Å². The Hall–Kier alpha value is -1.26. The molecular weight excluding hydrogens is 485 g/mol. The van der Waals surface area contributed by atoms with Crippen molar-refractivity contribution in [1.82, 2.24) is 5.32 Å². The van der Waals surface area contributed by atoms with Crippen molar-refractivity contribution >= 4 is 35.6 Å². The van der Waals surface area contributed by atoms with Crippen LogP contribution >= 0.6 is 24.0 Å². The summed E-state index contributed by atoms with van der Waals surface area (Å²) in [4.78, 5) is 4.61.